The lowest BCUT2D eigenvalue weighted by atomic mass is 9.87. The molecule has 0 spiro atoms. The molecule has 2 unspecified atom stereocenters. The molecule has 1 saturated heterocycles. The molecule has 0 radical (unpaired) electrons. The summed E-state index contributed by atoms with van der Waals surface area (Å²) in [5, 5.41) is 3.89. The van der Waals surface area contributed by atoms with E-state index in [2.05, 4.69) is 12.2 Å². The van der Waals surface area contributed by atoms with Gasteiger partial charge in [-0.05, 0) is 55.6 Å². The summed E-state index contributed by atoms with van der Waals surface area (Å²) in [5.74, 6) is 2.28. The van der Waals surface area contributed by atoms with Crippen molar-refractivity contribution in [1.82, 2.24) is 5.32 Å². The van der Waals surface area contributed by atoms with E-state index in [1.54, 1.807) is 0 Å². The normalized spacial score (nSPS) is 24.0. The van der Waals surface area contributed by atoms with Gasteiger partial charge >= 0.3 is 0 Å². The number of hydrogen-bond donors (Lipinski definition) is 1. The first kappa shape index (κ1) is 10.1. The maximum absolute atomic E-state index is 5.79. The van der Waals surface area contributed by atoms with Gasteiger partial charge in [0.2, 0.25) is 0 Å². The van der Waals surface area contributed by atoms with Crippen molar-refractivity contribution in [3.05, 3.63) is 23.1 Å². The van der Waals surface area contributed by atoms with Crippen LogP contribution in [0.3, 0.4) is 0 Å². The second-order valence-corrected chi connectivity index (χ2v) is 4.28. The van der Waals surface area contributed by atoms with E-state index in [4.69, 9.17) is 16.0 Å². The molecule has 1 aromatic heterocycles. The number of rotatable bonds is 3. The molecule has 2 rings (SSSR count). The van der Waals surface area contributed by atoms with Gasteiger partial charge in [-0.1, -0.05) is 6.92 Å². The second-order valence-electron chi connectivity index (χ2n) is 3.91. The Morgan fingerprint density at radius 2 is 2.50 bits per heavy atom. The highest BCUT2D eigenvalue weighted by Crippen LogP contribution is 2.33. The van der Waals surface area contributed by atoms with Crippen LogP contribution in [0.2, 0.25) is 5.22 Å². The molecule has 1 aliphatic heterocycles. The lowest BCUT2D eigenvalue weighted by molar-refractivity contribution is 0.368. The summed E-state index contributed by atoms with van der Waals surface area (Å²) < 4.78 is 5.49. The fourth-order valence-corrected chi connectivity index (χ4v) is 2.47. The van der Waals surface area contributed by atoms with Gasteiger partial charge in [-0.25, -0.2) is 0 Å². The molecule has 78 valence electrons. The van der Waals surface area contributed by atoms with Crippen molar-refractivity contribution in [3.8, 4) is 0 Å². The largest absolute Gasteiger partial charge is 0.449 e. The molecular weight excluding hydrogens is 198 g/mol. The minimum absolute atomic E-state index is 0.504. The minimum Gasteiger partial charge on any atom is -0.449 e. The van der Waals surface area contributed by atoms with E-state index in [0.29, 0.717) is 17.1 Å². The van der Waals surface area contributed by atoms with Gasteiger partial charge < -0.3 is 9.73 Å². The van der Waals surface area contributed by atoms with Crippen LogP contribution in [-0.4, -0.2) is 13.1 Å². The summed E-state index contributed by atoms with van der Waals surface area (Å²) in [6, 6.07) is 3.84. The van der Waals surface area contributed by atoms with Crippen molar-refractivity contribution in [2.45, 2.75) is 25.7 Å². The molecule has 1 aromatic rings. The fraction of sp³-hybridized carbons (Fsp3) is 0.636. The highest BCUT2D eigenvalue weighted by atomic mass is 35.5. The van der Waals surface area contributed by atoms with E-state index >= 15 is 0 Å². The molecule has 0 aliphatic carbocycles. The van der Waals surface area contributed by atoms with Crippen molar-refractivity contribution in [1.29, 1.82) is 0 Å². The number of hydrogen-bond acceptors (Lipinski definition) is 2. The molecule has 1 fully saturated rings. The van der Waals surface area contributed by atoms with Crippen LogP contribution in [0.25, 0.3) is 0 Å². The molecule has 0 bridgehead atoms. The number of halogens is 1. The minimum atomic E-state index is 0.504. The van der Waals surface area contributed by atoms with Crippen LogP contribution >= 0.6 is 11.6 Å². The van der Waals surface area contributed by atoms with Crippen LogP contribution in [-0.2, 0) is 0 Å². The van der Waals surface area contributed by atoms with Gasteiger partial charge in [-0.3, -0.25) is 0 Å². The SMILES string of the molecule is CCC(c1ccc(Cl)o1)C1CCNC1. The zero-order valence-corrected chi connectivity index (χ0v) is 9.18. The Balaban J connectivity index is 2.12. The highest BCUT2D eigenvalue weighted by Gasteiger charge is 2.26. The second kappa shape index (κ2) is 4.37. The van der Waals surface area contributed by atoms with E-state index < -0.39 is 0 Å². The van der Waals surface area contributed by atoms with Gasteiger partial charge in [0.25, 0.3) is 0 Å². The fourth-order valence-electron chi connectivity index (χ4n) is 2.31. The number of nitrogens with one attached hydrogen (secondary N) is 1. The van der Waals surface area contributed by atoms with Crippen molar-refractivity contribution in [2.75, 3.05) is 13.1 Å². The van der Waals surface area contributed by atoms with Gasteiger partial charge in [0.1, 0.15) is 5.76 Å². The Labute approximate surface area is 89.6 Å². The van der Waals surface area contributed by atoms with Crippen LogP contribution in [0.15, 0.2) is 16.5 Å². The Kier molecular flexibility index (Phi) is 3.14. The van der Waals surface area contributed by atoms with Crippen molar-refractivity contribution in [3.63, 3.8) is 0 Å². The average molecular weight is 214 g/mol. The van der Waals surface area contributed by atoms with Gasteiger partial charge in [0.15, 0.2) is 5.22 Å². The Bertz CT molecular complexity index is 291. The Hall–Kier alpha value is -0.470. The summed E-state index contributed by atoms with van der Waals surface area (Å²) in [7, 11) is 0. The number of furan rings is 1. The molecule has 0 amide bonds. The molecule has 14 heavy (non-hydrogen) atoms. The van der Waals surface area contributed by atoms with Crippen LogP contribution in [0.5, 0.6) is 0 Å². The Morgan fingerprint density at radius 3 is 3.00 bits per heavy atom. The summed E-state index contributed by atoms with van der Waals surface area (Å²) in [4.78, 5) is 0. The first-order chi connectivity index (χ1) is 6.81. The van der Waals surface area contributed by atoms with E-state index in [1.165, 1.54) is 6.42 Å². The van der Waals surface area contributed by atoms with E-state index in [-0.39, 0.29) is 0 Å². The van der Waals surface area contributed by atoms with Gasteiger partial charge in [0.05, 0.1) is 0 Å². The molecule has 1 aliphatic rings. The molecule has 2 heterocycles. The zero-order chi connectivity index (χ0) is 9.97. The third-order valence-electron chi connectivity index (χ3n) is 3.07. The molecular formula is C11H16ClNO. The molecule has 2 nitrogen and oxygen atoms in total. The van der Waals surface area contributed by atoms with E-state index in [0.717, 1.165) is 25.3 Å². The van der Waals surface area contributed by atoms with E-state index in [9.17, 15) is 0 Å². The monoisotopic (exact) mass is 213 g/mol. The zero-order valence-electron chi connectivity index (χ0n) is 8.42. The van der Waals surface area contributed by atoms with Crippen molar-refractivity contribution in [2.24, 2.45) is 5.92 Å². The maximum atomic E-state index is 5.79. The molecule has 0 saturated carbocycles. The van der Waals surface area contributed by atoms with Crippen molar-refractivity contribution >= 4 is 11.6 Å². The van der Waals surface area contributed by atoms with Crippen LogP contribution in [0.1, 0.15) is 31.4 Å². The Morgan fingerprint density at radius 1 is 1.64 bits per heavy atom. The lowest BCUT2D eigenvalue weighted by Gasteiger charge is -2.18. The topological polar surface area (TPSA) is 25.2 Å². The van der Waals surface area contributed by atoms with Crippen LogP contribution in [0, 0.1) is 5.92 Å². The molecule has 1 N–H and O–H groups in total. The van der Waals surface area contributed by atoms with Crippen molar-refractivity contribution < 1.29 is 4.42 Å². The smallest absolute Gasteiger partial charge is 0.193 e. The van der Waals surface area contributed by atoms with Crippen LogP contribution < -0.4 is 5.32 Å². The molecule has 0 aromatic carbocycles. The predicted octanol–water partition coefficient (Wildman–Crippen LogP) is 3.04. The standard InChI is InChI=1S/C11H16ClNO/c1-2-9(8-5-6-13-7-8)10-3-4-11(12)14-10/h3-4,8-9,13H,2,5-7H2,1H3. The van der Waals surface area contributed by atoms with Crippen LogP contribution in [0.4, 0.5) is 0 Å². The summed E-state index contributed by atoms with van der Waals surface area (Å²) in [6.07, 6.45) is 2.37. The van der Waals surface area contributed by atoms with Gasteiger partial charge in [-0.15, -0.1) is 0 Å². The van der Waals surface area contributed by atoms with E-state index in [1.807, 2.05) is 12.1 Å². The third-order valence-corrected chi connectivity index (χ3v) is 3.27. The lowest BCUT2D eigenvalue weighted by Crippen LogP contribution is -2.15. The predicted molar refractivity (Wildman–Crippen MR) is 57.7 cm³/mol. The third kappa shape index (κ3) is 1.96. The first-order valence-corrected chi connectivity index (χ1v) is 5.65. The summed E-state index contributed by atoms with van der Waals surface area (Å²) in [5.41, 5.74) is 0. The first-order valence-electron chi connectivity index (χ1n) is 5.27. The summed E-state index contributed by atoms with van der Waals surface area (Å²) >= 11 is 5.79. The average Bonchev–Trinajstić information content (AvgIpc) is 2.79. The van der Waals surface area contributed by atoms with Gasteiger partial charge in [-0.2, -0.15) is 0 Å². The highest BCUT2D eigenvalue weighted by molar-refractivity contribution is 6.28. The molecule has 3 heteroatoms. The summed E-state index contributed by atoms with van der Waals surface area (Å²) in [6.45, 7) is 4.45. The quantitative estimate of drug-likeness (QED) is 0.835. The molecule has 2 atom stereocenters. The van der Waals surface area contributed by atoms with Gasteiger partial charge in [0, 0.05) is 5.92 Å². The maximum Gasteiger partial charge on any atom is 0.193 e.